The number of amides is 3. The summed E-state index contributed by atoms with van der Waals surface area (Å²) < 4.78 is 0. The van der Waals surface area contributed by atoms with Crippen LogP contribution in [0.5, 0.6) is 0 Å². The number of nitrogens with one attached hydrogen (secondary N) is 1. The first kappa shape index (κ1) is 26.0. The Morgan fingerprint density at radius 1 is 0.758 bits per heavy atom. The summed E-state index contributed by atoms with van der Waals surface area (Å²) in [5, 5.41) is 3.18. The van der Waals surface area contributed by atoms with E-state index in [1.165, 1.54) is 19.3 Å². The van der Waals surface area contributed by atoms with E-state index in [-0.39, 0.29) is 42.8 Å². The van der Waals surface area contributed by atoms with E-state index < -0.39 is 11.8 Å². The molecule has 6 nitrogen and oxygen atoms in total. The molecule has 188 valence electrons. The summed E-state index contributed by atoms with van der Waals surface area (Å²) in [4.78, 5) is 41.2. The van der Waals surface area contributed by atoms with Crippen LogP contribution in [0.15, 0.2) is 0 Å². The number of rotatable bonds is 8. The summed E-state index contributed by atoms with van der Waals surface area (Å²) in [7, 11) is 0. The van der Waals surface area contributed by atoms with Crippen LogP contribution in [0.2, 0.25) is 0 Å². The van der Waals surface area contributed by atoms with E-state index in [1.807, 2.05) is 0 Å². The Morgan fingerprint density at radius 2 is 1.24 bits per heavy atom. The van der Waals surface area contributed by atoms with Crippen LogP contribution < -0.4 is 11.1 Å². The normalized spacial score (nSPS) is 33.7. The molecule has 3 aliphatic carbocycles. The summed E-state index contributed by atoms with van der Waals surface area (Å²) >= 11 is 0. The molecule has 3 rings (SSSR count). The number of hydrogen-bond donors (Lipinski definition) is 2. The molecule has 7 unspecified atom stereocenters. The molecule has 7 atom stereocenters. The number of carbonyl (C=O) groups is 3. The zero-order valence-electron chi connectivity index (χ0n) is 21.2. The predicted molar refractivity (Wildman–Crippen MR) is 131 cm³/mol. The van der Waals surface area contributed by atoms with E-state index in [0.29, 0.717) is 17.8 Å². The van der Waals surface area contributed by atoms with E-state index in [4.69, 9.17) is 5.73 Å². The molecule has 0 aliphatic heterocycles. The van der Waals surface area contributed by atoms with Gasteiger partial charge in [-0.3, -0.25) is 14.4 Å². The van der Waals surface area contributed by atoms with Crippen molar-refractivity contribution in [1.82, 2.24) is 10.2 Å². The fourth-order valence-corrected chi connectivity index (χ4v) is 6.71. The van der Waals surface area contributed by atoms with Gasteiger partial charge in [0.05, 0.1) is 5.92 Å². The molecule has 0 aromatic heterocycles. The number of primary amides is 1. The van der Waals surface area contributed by atoms with Crippen LogP contribution in [0.4, 0.5) is 0 Å². The van der Waals surface area contributed by atoms with Crippen molar-refractivity contribution in [3.8, 4) is 0 Å². The summed E-state index contributed by atoms with van der Waals surface area (Å²) in [6.07, 6.45) is 13.5. The van der Waals surface area contributed by atoms with Gasteiger partial charge in [-0.25, -0.2) is 0 Å². The van der Waals surface area contributed by atoms with E-state index in [1.54, 1.807) is 0 Å². The lowest BCUT2D eigenvalue weighted by Gasteiger charge is -2.48. The minimum Gasteiger partial charge on any atom is -0.370 e. The lowest BCUT2D eigenvalue weighted by atomic mass is 9.78. The third-order valence-electron chi connectivity index (χ3n) is 8.79. The number of nitrogens with two attached hydrogens (primary N) is 1. The van der Waals surface area contributed by atoms with Crippen LogP contribution in [0.1, 0.15) is 111 Å². The van der Waals surface area contributed by atoms with Gasteiger partial charge in [0.15, 0.2) is 0 Å². The van der Waals surface area contributed by atoms with Crippen LogP contribution in [-0.4, -0.2) is 40.7 Å². The highest BCUT2D eigenvalue weighted by molar-refractivity contribution is 5.90. The highest BCUT2D eigenvalue weighted by Gasteiger charge is 2.41. The summed E-state index contributed by atoms with van der Waals surface area (Å²) in [5.74, 6) is 0.0617. The summed E-state index contributed by atoms with van der Waals surface area (Å²) in [5.41, 5.74) is 5.58. The van der Waals surface area contributed by atoms with Gasteiger partial charge in [0, 0.05) is 31.0 Å². The molecule has 0 aromatic carbocycles. The Balaban J connectivity index is 1.79. The molecule has 0 radical (unpaired) electrons. The zero-order chi connectivity index (χ0) is 24.0. The Labute approximate surface area is 200 Å². The van der Waals surface area contributed by atoms with Crippen LogP contribution in [-0.2, 0) is 14.4 Å². The van der Waals surface area contributed by atoms with Crippen molar-refractivity contribution in [3.05, 3.63) is 0 Å². The van der Waals surface area contributed by atoms with Crippen molar-refractivity contribution in [3.63, 3.8) is 0 Å². The second-order valence-electron chi connectivity index (χ2n) is 11.4. The van der Waals surface area contributed by atoms with Crippen LogP contribution >= 0.6 is 0 Å². The molecule has 33 heavy (non-hydrogen) atoms. The molecule has 3 N–H and O–H groups in total. The third kappa shape index (κ3) is 6.95. The average Bonchev–Trinajstić information content (AvgIpc) is 2.77. The highest BCUT2D eigenvalue weighted by Crippen LogP contribution is 2.37. The van der Waals surface area contributed by atoms with Crippen molar-refractivity contribution < 1.29 is 14.4 Å². The Bertz CT molecular complexity index is 660. The number of carbonyl (C=O) groups excluding carboxylic acids is 3. The molecule has 3 saturated carbocycles. The molecule has 0 bridgehead atoms. The second kappa shape index (κ2) is 12.2. The first-order chi connectivity index (χ1) is 15.8. The maximum absolute atomic E-state index is 14.1. The fraction of sp³-hybridized carbons (Fsp3) is 0.889. The van der Waals surface area contributed by atoms with Crippen LogP contribution in [0.25, 0.3) is 0 Å². The van der Waals surface area contributed by atoms with Crippen molar-refractivity contribution in [2.75, 3.05) is 0 Å². The molecule has 3 amide bonds. The first-order valence-electron chi connectivity index (χ1n) is 13.7. The van der Waals surface area contributed by atoms with E-state index in [0.717, 1.165) is 57.8 Å². The van der Waals surface area contributed by atoms with Gasteiger partial charge in [0.25, 0.3) is 0 Å². The third-order valence-corrected chi connectivity index (χ3v) is 8.79. The van der Waals surface area contributed by atoms with E-state index in [2.05, 4.69) is 31.0 Å². The fourth-order valence-electron chi connectivity index (χ4n) is 6.71. The Hall–Kier alpha value is -1.59. The predicted octanol–water partition coefficient (Wildman–Crippen LogP) is 4.55. The zero-order valence-corrected chi connectivity index (χ0v) is 21.2. The molecule has 3 fully saturated rings. The molecular formula is C27H47N3O3. The number of hydrogen-bond acceptors (Lipinski definition) is 3. The molecular weight excluding hydrogens is 414 g/mol. The average molecular weight is 462 g/mol. The topological polar surface area (TPSA) is 92.5 Å². The molecule has 0 spiro atoms. The maximum Gasteiger partial charge on any atom is 0.227 e. The minimum atomic E-state index is -0.662. The largest absolute Gasteiger partial charge is 0.370 e. The van der Waals surface area contributed by atoms with Gasteiger partial charge < -0.3 is 16.0 Å². The molecule has 0 aromatic rings. The van der Waals surface area contributed by atoms with Gasteiger partial charge >= 0.3 is 0 Å². The second-order valence-corrected chi connectivity index (χ2v) is 11.4. The summed E-state index contributed by atoms with van der Waals surface area (Å²) in [6.45, 7) is 6.71. The number of nitrogens with zero attached hydrogens (tertiary/aromatic N) is 1. The van der Waals surface area contributed by atoms with Gasteiger partial charge in [0.1, 0.15) is 0 Å². The van der Waals surface area contributed by atoms with Crippen LogP contribution in [0.3, 0.4) is 0 Å². The van der Waals surface area contributed by atoms with Crippen molar-refractivity contribution in [2.45, 2.75) is 129 Å². The highest BCUT2D eigenvalue weighted by atomic mass is 16.2. The van der Waals surface area contributed by atoms with Gasteiger partial charge in [-0.2, -0.15) is 0 Å². The molecule has 0 heterocycles. The van der Waals surface area contributed by atoms with Gasteiger partial charge in [-0.05, 0) is 56.3 Å². The first-order valence-corrected chi connectivity index (χ1v) is 13.7. The quantitative estimate of drug-likeness (QED) is 0.555. The molecule has 0 saturated heterocycles. The Morgan fingerprint density at radius 3 is 1.73 bits per heavy atom. The van der Waals surface area contributed by atoms with Gasteiger partial charge in [-0.15, -0.1) is 0 Å². The lowest BCUT2D eigenvalue weighted by molar-refractivity contribution is -0.149. The van der Waals surface area contributed by atoms with E-state index >= 15 is 0 Å². The van der Waals surface area contributed by atoms with Crippen molar-refractivity contribution in [2.24, 2.45) is 29.4 Å². The van der Waals surface area contributed by atoms with E-state index in [9.17, 15) is 14.4 Å². The van der Waals surface area contributed by atoms with Gasteiger partial charge in [0.2, 0.25) is 17.7 Å². The molecule has 6 heteroatoms. The maximum atomic E-state index is 14.1. The SMILES string of the molecule is CC1CCCCC1NC(=O)CC(CC(N)=O)C(=O)N(C1CCCCC1C)C1CCCCC1C. The van der Waals surface area contributed by atoms with Gasteiger partial charge in [-0.1, -0.05) is 59.3 Å². The monoisotopic (exact) mass is 461 g/mol. The van der Waals surface area contributed by atoms with Crippen molar-refractivity contribution >= 4 is 17.7 Å². The van der Waals surface area contributed by atoms with Crippen LogP contribution in [0, 0.1) is 23.7 Å². The smallest absolute Gasteiger partial charge is 0.227 e. The molecule has 3 aliphatic rings. The standard InChI is InChI=1S/C27H47N3O3/c1-18-10-4-7-13-22(18)29-26(32)17-21(16-25(28)31)27(33)30(23-14-8-5-11-19(23)2)24-15-9-6-12-20(24)3/h18-24H,4-17H2,1-3H3,(H2,28,31)(H,29,32). The van der Waals surface area contributed by atoms with Crippen molar-refractivity contribution in [1.29, 1.82) is 0 Å². The lowest BCUT2D eigenvalue weighted by Crippen LogP contribution is -2.56. The Kier molecular flexibility index (Phi) is 9.63. The minimum absolute atomic E-state index is 0.0156. The summed E-state index contributed by atoms with van der Waals surface area (Å²) in [6, 6.07) is 0.575.